The van der Waals surface area contributed by atoms with Crippen molar-refractivity contribution in [3.05, 3.63) is 30.1 Å². The fraction of sp³-hybridized carbons (Fsp3) is 0.125. The summed E-state index contributed by atoms with van der Waals surface area (Å²) in [6.45, 7) is 3.59. The summed E-state index contributed by atoms with van der Waals surface area (Å²) in [5.41, 5.74) is 0. The number of aromatic nitrogens is 3. The summed E-state index contributed by atoms with van der Waals surface area (Å²) in [7, 11) is 0. The van der Waals surface area contributed by atoms with Crippen LogP contribution < -0.4 is 0 Å². The number of hydrogen-bond donors (Lipinski definition) is 0. The van der Waals surface area contributed by atoms with Crippen LogP contribution in [0, 0.1) is 0 Å². The summed E-state index contributed by atoms with van der Waals surface area (Å²) in [4.78, 5) is 8.20. The lowest BCUT2D eigenvalue weighted by Crippen LogP contribution is -1.82. The van der Waals surface area contributed by atoms with E-state index in [9.17, 15) is 0 Å². The van der Waals surface area contributed by atoms with Gasteiger partial charge >= 0.3 is 0 Å². The Labute approximate surface area is 78.9 Å². The molecule has 0 bridgehead atoms. The van der Waals surface area contributed by atoms with Crippen molar-refractivity contribution in [2.75, 3.05) is 0 Å². The van der Waals surface area contributed by atoms with Crippen LogP contribution in [0.5, 0.6) is 0 Å². The zero-order valence-corrected chi connectivity index (χ0v) is 7.62. The third kappa shape index (κ3) is 1.65. The van der Waals surface area contributed by atoms with Crippen molar-refractivity contribution < 1.29 is 4.52 Å². The van der Waals surface area contributed by atoms with Gasteiger partial charge in [-0.15, -0.1) is 17.9 Å². The summed E-state index contributed by atoms with van der Waals surface area (Å²) >= 11 is 1.47. The van der Waals surface area contributed by atoms with Crippen LogP contribution in [0.15, 0.2) is 28.8 Å². The molecule has 13 heavy (non-hydrogen) atoms. The number of thiazole rings is 1. The van der Waals surface area contributed by atoms with E-state index < -0.39 is 0 Å². The maximum atomic E-state index is 5.00. The molecule has 2 aromatic rings. The zero-order chi connectivity index (χ0) is 9.10. The summed E-state index contributed by atoms with van der Waals surface area (Å²) in [5, 5.41) is 6.39. The molecule has 2 aromatic heterocycles. The summed E-state index contributed by atoms with van der Waals surface area (Å²) in [5.74, 6) is 1.12. The molecule has 0 spiro atoms. The molecular formula is C8H7N3OS. The average molecular weight is 193 g/mol. The predicted octanol–water partition coefficient (Wildman–Crippen LogP) is 1.92. The van der Waals surface area contributed by atoms with Gasteiger partial charge < -0.3 is 4.52 Å². The second kappa shape index (κ2) is 3.49. The van der Waals surface area contributed by atoms with Crippen LogP contribution in [0.4, 0.5) is 0 Å². The predicted molar refractivity (Wildman–Crippen MR) is 49.3 cm³/mol. The third-order valence-corrected chi connectivity index (χ3v) is 2.17. The molecule has 0 unspecified atom stereocenters. The van der Waals surface area contributed by atoms with Crippen LogP contribution >= 0.6 is 11.3 Å². The van der Waals surface area contributed by atoms with Gasteiger partial charge in [-0.1, -0.05) is 11.2 Å². The molecule has 0 atom stereocenters. The highest BCUT2D eigenvalue weighted by Gasteiger charge is 2.09. The molecular weight excluding hydrogens is 186 g/mol. The van der Waals surface area contributed by atoms with Crippen molar-refractivity contribution in [1.29, 1.82) is 0 Å². The minimum Gasteiger partial charge on any atom is -0.331 e. The molecule has 0 aliphatic carbocycles. The Bertz CT molecular complexity index is 393. The summed E-state index contributed by atoms with van der Waals surface area (Å²) in [6, 6.07) is 0. The largest absolute Gasteiger partial charge is 0.331 e. The van der Waals surface area contributed by atoms with Gasteiger partial charge in [0.15, 0.2) is 10.8 Å². The molecule has 0 aliphatic rings. The SMILES string of the molecule is C=CCc1noc(-c2nccs2)n1. The molecule has 4 nitrogen and oxygen atoms in total. The van der Waals surface area contributed by atoms with Gasteiger partial charge in [-0.3, -0.25) is 0 Å². The quantitative estimate of drug-likeness (QED) is 0.699. The molecule has 2 heterocycles. The highest BCUT2D eigenvalue weighted by atomic mass is 32.1. The zero-order valence-electron chi connectivity index (χ0n) is 6.80. The van der Waals surface area contributed by atoms with Crippen molar-refractivity contribution in [3.8, 4) is 10.9 Å². The Morgan fingerprint density at radius 1 is 1.62 bits per heavy atom. The monoisotopic (exact) mass is 193 g/mol. The lowest BCUT2D eigenvalue weighted by molar-refractivity contribution is 0.424. The average Bonchev–Trinajstić information content (AvgIpc) is 2.70. The first kappa shape index (κ1) is 8.12. The van der Waals surface area contributed by atoms with Crippen LogP contribution in [0.25, 0.3) is 10.9 Å². The minimum atomic E-state index is 0.479. The molecule has 2 rings (SSSR count). The lowest BCUT2D eigenvalue weighted by atomic mass is 10.4. The Balaban J connectivity index is 2.28. The van der Waals surface area contributed by atoms with E-state index in [4.69, 9.17) is 4.52 Å². The van der Waals surface area contributed by atoms with Gasteiger partial charge in [0.25, 0.3) is 5.89 Å². The van der Waals surface area contributed by atoms with E-state index in [2.05, 4.69) is 21.7 Å². The van der Waals surface area contributed by atoms with E-state index in [1.165, 1.54) is 11.3 Å². The molecule has 0 N–H and O–H groups in total. The van der Waals surface area contributed by atoms with E-state index >= 15 is 0 Å². The van der Waals surface area contributed by atoms with Crippen molar-refractivity contribution in [2.45, 2.75) is 6.42 Å². The fourth-order valence-corrected chi connectivity index (χ4v) is 1.44. The van der Waals surface area contributed by atoms with Crippen molar-refractivity contribution >= 4 is 11.3 Å². The van der Waals surface area contributed by atoms with Gasteiger partial charge in [-0.25, -0.2) is 4.98 Å². The fourth-order valence-electron chi connectivity index (χ4n) is 0.882. The van der Waals surface area contributed by atoms with E-state index in [-0.39, 0.29) is 0 Å². The van der Waals surface area contributed by atoms with Crippen LogP contribution in [-0.4, -0.2) is 15.1 Å². The Morgan fingerprint density at radius 3 is 3.23 bits per heavy atom. The molecule has 0 amide bonds. The van der Waals surface area contributed by atoms with Crippen LogP contribution in [0.2, 0.25) is 0 Å². The van der Waals surface area contributed by atoms with Gasteiger partial charge in [0.2, 0.25) is 0 Å². The highest BCUT2D eigenvalue weighted by Crippen LogP contribution is 2.19. The van der Waals surface area contributed by atoms with Gasteiger partial charge in [-0.2, -0.15) is 4.98 Å². The summed E-state index contributed by atoms with van der Waals surface area (Å²) in [6.07, 6.45) is 4.06. The molecule has 5 heteroatoms. The second-order valence-electron chi connectivity index (χ2n) is 2.35. The molecule has 0 radical (unpaired) electrons. The van der Waals surface area contributed by atoms with Crippen LogP contribution in [-0.2, 0) is 6.42 Å². The van der Waals surface area contributed by atoms with Gasteiger partial charge in [0, 0.05) is 18.0 Å². The van der Waals surface area contributed by atoms with Crippen LogP contribution in [0.1, 0.15) is 5.82 Å². The molecule has 0 saturated heterocycles. The van der Waals surface area contributed by atoms with E-state index in [1.807, 2.05) is 5.38 Å². The third-order valence-electron chi connectivity index (χ3n) is 1.41. The first-order valence-electron chi connectivity index (χ1n) is 3.73. The van der Waals surface area contributed by atoms with Crippen molar-refractivity contribution in [3.63, 3.8) is 0 Å². The Morgan fingerprint density at radius 2 is 2.54 bits per heavy atom. The normalized spacial score (nSPS) is 10.2. The second-order valence-corrected chi connectivity index (χ2v) is 3.24. The van der Waals surface area contributed by atoms with Gasteiger partial charge in [0.05, 0.1) is 0 Å². The lowest BCUT2D eigenvalue weighted by Gasteiger charge is -1.81. The number of nitrogens with zero attached hydrogens (tertiary/aromatic N) is 3. The van der Waals surface area contributed by atoms with E-state index in [0.29, 0.717) is 18.1 Å². The van der Waals surface area contributed by atoms with Crippen LogP contribution in [0.3, 0.4) is 0 Å². The topological polar surface area (TPSA) is 51.8 Å². The Kier molecular flexibility index (Phi) is 2.18. The molecule has 66 valence electrons. The number of hydrogen-bond acceptors (Lipinski definition) is 5. The molecule has 0 fully saturated rings. The Hall–Kier alpha value is -1.49. The smallest absolute Gasteiger partial charge is 0.286 e. The minimum absolute atomic E-state index is 0.479. The summed E-state index contributed by atoms with van der Waals surface area (Å²) < 4.78 is 5.00. The molecule has 0 aromatic carbocycles. The van der Waals surface area contributed by atoms with Gasteiger partial charge in [0.1, 0.15) is 0 Å². The standard InChI is InChI=1S/C8H7N3OS/c1-2-3-6-10-7(12-11-6)8-9-4-5-13-8/h2,4-5H,1,3H2. The first-order valence-corrected chi connectivity index (χ1v) is 4.61. The highest BCUT2D eigenvalue weighted by molar-refractivity contribution is 7.12. The first-order chi connectivity index (χ1) is 6.40. The molecule has 0 aliphatic heterocycles. The number of allylic oxidation sites excluding steroid dienone is 1. The number of rotatable bonds is 3. The maximum Gasteiger partial charge on any atom is 0.286 e. The van der Waals surface area contributed by atoms with Crippen molar-refractivity contribution in [2.24, 2.45) is 0 Å². The maximum absolute atomic E-state index is 5.00. The van der Waals surface area contributed by atoms with Crippen molar-refractivity contribution in [1.82, 2.24) is 15.1 Å². The van der Waals surface area contributed by atoms with E-state index in [1.54, 1.807) is 12.3 Å². The van der Waals surface area contributed by atoms with Gasteiger partial charge in [-0.05, 0) is 0 Å². The van der Waals surface area contributed by atoms with E-state index in [0.717, 1.165) is 5.01 Å². The molecule has 0 saturated carbocycles.